The molecule has 0 unspecified atom stereocenters. The highest BCUT2D eigenvalue weighted by Gasteiger charge is 2.45. The van der Waals surface area contributed by atoms with Crippen molar-refractivity contribution in [2.24, 2.45) is 0 Å². The number of amides is 2. The number of methoxy groups -OCH3 is 2. The van der Waals surface area contributed by atoms with Crippen molar-refractivity contribution in [3.63, 3.8) is 0 Å². The van der Waals surface area contributed by atoms with E-state index < -0.39 is 5.92 Å². The molecule has 2 aromatic rings. The second-order valence-corrected chi connectivity index (χ2v) is 8.87. The Labute approximate surface area is 181 Å². The second kappa shape index (κ2) is 8.68. The van der Waals surface area contributed by atoms with E-state index in [-0.39, 0.29) is 17.9 Å². The third-order valence-electron chi connectivity index (χ3n) is 6.19. The zero-order valence-corrected chi connectivity index (χ0v) is 18.5. The minimum absolute atomic E-state index is 0.0862. The molecular weight excluding hydrogens is 400 g/mol. The molecule has 1 saturated heterocycles. The van der Waals surface area contributed by atoms with Crippen molar-refractivity contribution in [3.05, 3.63) is 45.6 Å². The summed E-state index contributed by atoms with van der Waals surface area (Å²) in [6.07, 6.45) is 4.36. The molecular formula is C23H28N2O4S. The van der Waals surface area contributed by atoms with Crippen LogP contribution in [-0.2, 0) is 4.79 Å². The van der Waals surface area contributed by atoms with Crippen molar-refractivity contribution < 1.29 is 19.1 Å². The first-order chi connectivity index (χ1) is 14.6. The molecule has 1 aromatic heterocycles. The fourth-order valence-corrected chi connectivity index (χ4v) is 5.52. The van der Waals surface area contributed by atoms with E-state index in [0.29, 0.717) is 17.1 Å². The molecule has 6 nitrogen and oxygen atoms in total. The van der Waals surface area contributed by atoms with E-state index in [9.17, 15) is 9.59 Å². The maximum atomic E-state index is 13.9. The first kappa shape index (κ1) is 20.7. The van der Waals surface area contributed by atoms with Crippen LogP contribution < -0.4 is 9.47 Å². The van der Waals surface area contributed by atoms with Crippen LogP contribution in [-0.4, -0.2) is 56.0 Å². The van der Waals surface area contributed by atoms with Gasteiger partial charge in [-0.2, -0.15) is 0 Å². The Bertz CT molecular complexity index is 920. The van der Waals surface area contributed by atoms with E-state index in [0.717, 1.165) is 49.2 Å². The van der Waals surface area contributed by atoms with Gasteiger partial charge in [0.1, 0.15) is 0 Å². The highest BCUT2D eigenvalue weighted by Crippen LogP contribution is 2.47. The van der Waals surface area contributed by atoms with Gasteiger partial charge in [-0.15, -0.1) is 11.3 Å². The summed E-state index contributed by atoms with van der Waals surface area (Å²) in [4.78, 5) is 31.9. The third kappa shape index (κ3) is 3.55. The molecule has 1 aromatic carbocycles. The summed E-state index contributed by atoms with van der Waals surface area (Å²) in [7, 11) is 4.91. The van der Waals surface area contributed by atoms with E-state index in [2.05, 4.69) is 0 Å². The Morgan fingerprint density at radius 3 is 2.33 bits per heavy atom. The van der Waals surface area contributed by atoms with Gasteiger partial charge in [0.15, 0.2) is 11.5 Å². The zero-order valence-electron chi connectivity index (χ0n) is 17.7. The Morgan fingerprint density at radius 2 is 1.73 bits per heavy atom. The van der Waals surface area contributed by atoms with Crippen LogP contribution in [0.2, 0.25) is 0 Å². The Kier molecular flexibility index (Phi) is 5.99. The molecule has 2 amide bonds. The summed E-state index contributed by atoms with van der Waals surface area (Å²) in [6, 6.07) is 7.17. The normalized spacial score (nSPS) is 21.8. The zero-order chi connectivity index (χ0) is 21.3. The molecule has 0 radical (unpaired) electrons. The lowest BCUT2D eigenvalue weighted by Gasteiger charge is -2.41. The molecule has 1 fully saturated rings. The van der Waals surface area contributed by atoms with Gasteiger partial charge in [0.2, 0.25) is 5.91 Å². The lowest BCUT2D eigenvalue weighted by atomic mass is 9.81. The quantitative estimate of drug-likeness (QED) is 0.736. The van der Waals surface area contributed by atoms with Crippen LogP contribution in [0.15, 0.2) is 29.6 Å². The van der Waals surface area contributed by atoms with Crippen LogP contribution in [0.5, 0.6) is 11.5 Å². The largest absolute Gasteiger partial charge is 0.493 e. The summed E-state index contributed by atoms with van der Waals surface area (Å²) in [6.45, 7) is 1.54. The number of hydrogen-bond donors (Lipinski definition) is 0. The summed E-state index contributed by atoms with van der Waals surface area (Å²) >= 11 is 1.58. The van der Waals surface area contributed by atoms with Crippen LogP contribution >= 0.6 is 11.3 Å². The van der Waals surface area contributed by atoms with Gasteiger partial charge in [-0.3, -0.25) is 9.59 Å². The average molecular weight is 429 g/mol. The van der Waals surface area contributed by atoms with Gasteiger partial charge in [0.25, 0.3) is 5.91 Å². The van der Waals surface area contributed by atoms with Crippen LogP contribution in [0.3, 0.4) is 0 Å². The number of thiophene rings is 1. The van der Waals surface area contributed by atoms with Crippen molar-refractivity contribution >= 4 is 23.2 Å². The topological polar surface area (TPSA) is 59.1 Å². The molecule has 3 heterocycles. The van der Waals surface area contributed by atoms with Crippen LogP contribution in [0.1, 0.15) is 58.4 Å². The molecule has 0 saturated carbocycles. The maximum Gasteiger partial charge on any atom is 0.254 e. The fourth-order valence-electron chi connectivity index (χ4n) is 4.62. The van der Waals surface area contributed by atoms with Gasteiger partial charge in [-0.25, -0.2) is 0 Å². The van der Waals surface area contributed by atoms with E-state index in [4.69, 9.17) is 9.47 Å². The van der Waals surface area contributed by atoms with E-state index in [1.807, 2.05) is 28.5 Å². The lowest BCUT2D eigenvalue weighted by molar-refractivity contribution is -0.134. The Hall–Kier alpha value is -2.54. The molecule has 0 aliphatic carbocycles. The predicted molar refractivity (Wildman–Crippen MR) is 116 cm³/mol. The Balaban J connectivity index is 1.87. The number of likely N-dealkylation sites (N-methyl/N-ethyl adjacent to an activating group) is 1. The number of rotatable bonds is 4. The van der Waals surface area contributed by atoms with Gasteiger partial charge < -0.3 is 19.3 Å². The van der Waals surface area contributed by atoms with Crippen LogP contribution in [0.25, 0.3) is 0 Å². The van der Waals surface area contributed by atoms with E-state index >= 15 is 0 Å². The van der Waals surface area contributed by atoms with E-state index in [1.165, 1.54) is 0 Å². The van der Waals surface area contributed by atoms with Crippen LogP contribution in [0, 0.1) is 0 Å². The SMILES string of the molecule is COc1cc2c(cc1OC)[C@H](C(=O)N1CCCCCC1)[C@@H](c1cccs1)N(C)C2=O. The van der Waals surface area contributed by atoms with Gasteiger partial charge in [0, 0.05) is 30.6 Å². The van der Waals surface area contributed by atoms with Crippen molar-refractivity contribution in [2.75, 3.05) is 34.4 Å². The summed E-state index contributed by atoms with van der Waals surface area (Å²) in [5.41, 5.74) is 1.24. The summed E-state index contributed by atoms with van der Waals surface area (Å²) in [5, 5.41) is 1.99. The minimum atomic E-state index is -0.473. The average Bonchev–Trinajstić information content (AvgIpc) is 3.15. The number of carbonyl (C=O) groups is 2. The molecule has 2 aliphatic rings. The molecule has 30 heavy (non-hydrogen) atoms. The molecule has 160 valence electrons. The summed E-state index contributed by atoms with van der Waals surface area (Å²) < 4.78 is 10.9. The van der Waals surface area contributed by atoms with Crippen molar-refractivity contribution in [3.8, 4) is 11.5 Å². The van der Waals surface area contributed by atoms with Gasteiger partial charge in [-0.05, 0) is 42.0 Å². The van der Waals surface area contributed by atoms with Gasteiger partial charge in [0.05, 0.1) is 26.2 Å². The summed E-state index contributed by atoms with van der Waals surface area (Å²) in [5.74, 6) is 0.535. The molecule has 0 bridgehead atoms. The van der Waals surface area contributed by atoms with Gasteiger partial charge in [-0.1, -0.05) is 18.9 Å². The molecule has 4 rings (SSSR count). The molecule has 2 atom stereocenters. The number of hydrogen-bond acceptors (Lipinski definition) is 5. The first-order valence-corrected chi connectivity index (χ1v) is 11.3. The number of carbonyl (C=O) groups excluding carboxylic acids is 2. The first-order valence-electron chi connectivity index (χ1n) is 10.4. The number of fused-ring (bicyclic) bond motifs is 1. The monoisotopic (exact) mass is 428 g/mol. The predicted octanol–water partition coefficient (Wildman–Crippen LogP) is 4.08. The smallest absolute Gasteiger partial charge is 0.254 e. The Morgan fingerprint density at radius 1 is 1.07 bits per heavy atom. The number of nitrogens with zero attached hydrogens (tertiary/aromatic N) is 2. The van der Waals surface area contributed by atoms with Crippen LogP contribution in [0.4, 0.5) is 0 Å². The van der Waals surface area contributed by atoms with Crippen molar-refractivity contribution in [2.45, 2.75) is 37.6 Å². The molecule has 2 aliphatic heterocycles. The van der Waals surface area contributed by atoms with Crippen molar-refractivity contribution in [1.82, 2.24) is 9.80 Å². The number of benzene rings is 1. The van der Waals surface area contributed by atoms with Crippen molar-refractivity contribution in [1.29, 1.82) is 0 Å². The maximum absolute atomic E-state index is 13.9. The minimum Gasteiger partial charge on any atom is -0.493 e. The highest BCUT2D eigenvalue weighted by atomic mass is 32.1. The lowest BCUT2D eigenvalue weighted by Crippen LogP contribution is -2.47. The third-order valence-corrected chi connectivity index (χ3v) is 7.14. The molecule has 0 N–H and O–H groups in total. The fraction of sp³-hybridized carbons (Fsp3) is 0.478. The highest BCUT2D eigenvalue weighted by molar-refractivity contribution is 7.10. The standard InChI is InChI=1S/C23H28N2O4S/c1-24-21(19-9-8-12-30-19)20(23(27)25-10-6-4-5-7-11-25)15-13-17(28-2)18(29-3)14-16(15)22(24)26/h8-9,12-14,20-21H,4-7,10-11H2,1-3H3/t20-,21+/m0/s1. The van der Waals surface area contributed by atoms with E-state index in [1.54, 1.807) is 43.6 Å². The molecule has 0 spiro atoms. The molecule has 7 heteroatoms. The second-order valence-electron chi connectivity index (χ2n) is 7.89. The number of likely N-dealkylation sites (tertiary alicyclic amines) is 1. The van der Waals surface area contributed by atoms with Gasteiger partial charge >= 0.3 is 0 Å². The number of ether oxygens (including phenoxy) is 2.